The van der Waals surface area contributed by atoms with Crippen molar-refractivity contribution in [1.29, 1.82) is 0 Å². The Balaban J connectivity index is 2.41. The Kier molecular flexibility index (Phi) is 7.83. The third-order valence-electron chi connectivity index (χ3n) is 4.29. The summed E-state index contributed by atoms with van der Waals surface area (Å²) in [6.45, 7) is 12.1. The standard InChI is InChI=1S/C20H29BrN4O2/c1-7-9-12-25(8-2)19-22-14(5)23-20(24-19)27-18-16(26-6)11-10-15(13(3)4)17(18)21/h10-11,13H,7-9,12H2,1-6H3. The van der Waals surface area contributed by atoms with E-state index in [-0.39, 0.29) is 6.01 Å². The number of aromatic nitrogens is 3. The highest BCUT2D eigenvalue weighted by molar-refractivity contribution is 9.10. The normalized spacial score (nSPS) is 11.0. The molecular weight excluding hydrogens is 408 g/mol. The van der Waals surface area contributed by atoms with Crippen molar-refractivity contribution in [2.75, 3.05) is 25.1 Å². The van der Waals surface area contributed by atoms with Gasteiger partial charge in [-0.15, -0.1) is 0 Å². The maximum absolute atomic E-state index is 6.08. The summed E-state index contributed by atoms with van der Waals surface area (Å²) in [5, 5.41) is 0. The molecule has 1 aromatic carbocycles. The maximum atomic E-state index is 6.08. The van der Waals surface area contributed by atoms with Crippen molar-refractivity contribution >= 4 is 21.9 Å². The van der Waals surface area contributed by atoms with Gasteiger partial charge in [-0.3, -0.25) is 0 Å². The molecular formula is C20H29BrN4O2. The Hall–Kier alpha value is -1.89. The van der Waals surface area contributed by atoms with Crippen molar-refractivity contribution < 1.29 is 9.47 Å². The van der Waals surface area contributed by atoms with Gasteiger partial charge in [0.2, 0.25) is 5.95 Å². The first-order valence-corrected chi connectivity index (χ1v) is 10.2. The van der Waals surface area contributed by atoms with Gasteiger partial charge in [-0.25, -0.2) is 0 Å². The Morgan fingerprint density at radius 1 is 1.15 bits per heavy atom. The van der Waals surface area contributed by atoms with Crippen molar-refractivity contribution in [3.63, 3.8) is 0 Å². The number of nitrogens with zero attached hydrogens (tertiary/aromatic N) is 4. The lowest BCUT2D eigenvalue weighted by atomic mass is 10.0. The predicted molar refractivity (Wildman–Crippen MR) is 112 cm³/mol. The van der Waals surface area contributed by atoms with Crippen LogP contribution in [0.2, 0.25) is 0 Å². The van der Waals surface area contributed by atoms with Crippen LogP contribution in [-0.2, 0) is 0 Å². The van der Waals surface area contributed by atoms with E-state index in [2.05, 4.69) is 63.5 Å². The molecule has 0 fully saturated rings. The van der Waals surface area contributed by atoms with E-state index in [0.29, 0.717) is 29.2 Å². The Bertz CT molecular complexity index is 768. The number of anilines is 1. The number of rotatable bonds is 9. The fraction of sp³-hybridized carbons (Fsp3) is 0.550. The number of hydrogen-bond acceptors (Lipinski definition) is 6. The van der Waals surface area contributed by atoms with Crippen LogP contribution in [0.25, 0.3) is 0 Å². The first-order chi connectivity index (χ1) is 12.9. The molecule has 148 valence electrons. The topological polar surface area (TPSA) is 60.4 Å². The van der Waals surface area contributed by atoms with Gasteiger partial charge >= 0.3 is 6.01 Å². The van der Waals surface area contributed by atoms with Gasteiger partial charge in [-0.05, 0) is 53.7 Å². The molecule has 0 aliphatic carbocycles. The number of unbranched alkanes of at least 4 members (excludes halogenated alkanes) is 1. The number of halogens is 1. The minimum Gasteiger partial charge on any atom is -0.493 e. The molecule has 2 aromatic rings. The molecule has 0 saturated carbocycles. The van der Waals surface area contributed by atoms with Crippen molar-refractivity contribution in [3.8, 4) is 17.5 Å². The number of benzene rings is 1. The van der Waals surface area contributed by atoms with Crippen LogP contribution in [0.3, 0.4) is 0 Å². The highest BCUT2D eigenvalue weighted by Crippen LogP contribution is 2.42. The molecule has 0 spiro atoms. The van der Waals surface area contributed by atoms with Gasteiger partial charge in [0.25, 0.3) is 0 Å². The van der Waals surface area contributed by atoms with Crippen LogP contribution in [0, 0.1) is 6.92 Å². The zero-order chi connectivity index (χ0) is 20.0. The molecule has 1 aromatic heterocycles. The van der Waals surface area contributed by atoms with E-state index >= 15 is 0 Å². The van der Waals surface area contributed by atoms with E-state index in [0.717, 1.165) is 36.0 Å². The molecule has 0 aliphatic rings. The number of ether oxygens (including phenoxy) is 2. The van der Waals surface area contributed by atoms with Gasteiger partial charge in [0.1, 0.15) is 5.82 Å². The van der Waals surface area contributed by atoms with Crippen molar-refractivity contribution in [2.24, 2.45) is 0 Å². The van der Waals surface area contributed by atoms with Crippen LogP contribution >= 0.6 is 15.9 Å². The van der Waals surface area contributed by atoms with E-state index in [1.165, 1.54) is 0 Å². The van der Waals surface area contributed by atoms with E-state index in [1.807, 2.05) is 19.1 Å². The molecule has 27 heavy (non-hydrogen) atoms. The lowest BCUT2D eigenvalue weighted by Crippen LogP contribution is -2.26. The zero-order valence-electron chi connectivity index (χ0n) is 17.0. The lowest BCUT2D eigenvalue weighted by Gasteiger charge is -2.21. The van der Waals surface area contributed by atoms with Crippen molar-refractivity contribution in [3.05, 3.63) is 28.0 Å². The highest BCUT2D eigenvalue weighted by atomic mass is 79.9. The third-order valence-corrected chi connectivity index (χ3v) is 5.11. The minimum absolute atomic E-state index is 0.271. The average molecular weight is 437 g/mol. The van der Waals surface area contributed by atoms with Gasteiger partial charge in [0, 0.05) is 13.1 Å². The van der Waals surface area contributed by atoms with Gasteiger partial charge in [-0.2, -0.15) is 15.0 Å². The number of aryl methyl sites for hydroxylation is 1. The molecule has 6 nitrogen and oxygen atoms in total. The molecule has 0 atom stereocenters. The maximum Gasteiger partial charge on any atom is 0.327 e. The van der Waals surface area contributed by atoms with Crippen LogP contribution in [0.15, 0.2) is 16.6 Å². The first kappa shape index (κ1) is 21.4. The third kappa shape index (κ3) is 5.31. The van der Waals surface area contributed by atoms with Crippen LogP contribution in [0.1, 0.15) is 57.8 Å². The minimum atomic E-state index is 0.271. The molecule has 0 amide bonds. The summed E-state index contributed by atoms with van der Waals surface area (Å²) in [5.74, 6) is 2.82. The fourth-order valence-corrected chi connectivity index (χ4v) is 3.59. The molecule has 1 heterocycles. The van der Waals surface area contributed by atoms with E-state index in [4.69, 9.17) is 9.47 Å². The summed E-state index contributed by atoms with van der Waals surface area (Å²) in [6.07, 6.45) is 2.21. The largest absolute Gasteiger partial charge is 0.493 e. The lowest BCUT2D eigenvalue weighted by molar-refractivity contribution is 0.364. The van der Waals surface area contributed by atoms with Gasteiger partial charge in [0.05, 0.1) is 11.6 Å². The summed E-state index contributed by atoms with van der Waals surface area (Å²) in [7, 11) is 1.62. The van der Waals surface area contributed by atoms with E-state index in [9.17, 15) is 0 Å². The summed E-state index contributed by atoms with van der Waals surface area (Å²) in [4.78, 5) is 15.6. The van der Waals surface area contributed by atoms with E-state index < -0.39 is 0 Å². The Labute approximate surface area is 170 Å². The number of methoxy groups -OCH3 is 1. The molecule has 0 N–H and O–H groups in total. The van der Waals surface area contributed by atoms with Gasteiger partial charge < -0.3 is 14.4 Å². The Morgan fingerprint density at radius 2 is 1.89 bits per heavy atom. The highest BCUT2D eigenvalue weighted by Gasteiger charge is 2.19. The Morgan fingerprint density at radius 3 is 2.48 bits per heavy atom. The summed E-state index contributed by atoms with van der Waals surface area (Å²) in [6, 6.07) is 4.21. The number of hydrogen-bond donors (Lipinski definition) is 0. The second-order valence-corrected chi connectivity index (χ2v) is 7.45. The zero-order valence-corrected chi connectivity index (χ0v) is 18.6. The smallest absolute Gasteiger partial charge is 0.327 e. The predicted octanol–water partition coefficient (Wildman–Crippen LogP) is 5.49. The second kappa shape index (κ2) is 9.88. The van der Waals surface area contributed by atoms with Crippen LogP contribution < -0.4 is 14.4 Å². The molecule has 0 unspecified atom stereocenters. The monoisotopic (exact) mass is 436 g/mol. The summed E-state index contributed by atoms with van der Waals surface area (Å²) < 4.78 is 12.4. The summed E-state index contributed by atoms with van der Waals surface area (Å²) in [5.41, 5.74) is 1.13. The van der Waals surface area contributed by atoms with Crippen LogP contribution in [0.5, 0.6) is 17.5 Å². The molecule has 7 heteroatoms. The quantitative estimate of drug-likeness (QED) is 0.517. The molecule has 0 bridgehead atoms. The summed E-state index contributed by atoms with van der Waals surface area (Å²) >= 11 is 3.66. The SMILES string of the molecule is CCCCN(CC)c1nc(C)nc(Oc2c(OC)ccc(C(C)C)c2Br)n1. The van der Waals surface area contributed by atoms with E-state index in [1.54, 1.807) is 7.11 Å². The van der Waals surface area contributed by atoms with Gasteiger partial charge in [-0.1, -0.05) is 33.3 Å². The average Bonchev–Trinajstić information content (AvgIpc) is 2.63. The van der Waals surface area contributed by atoms with Crippen LogP contribution in [0.4, 0.5) is 5.95 Å². The fourth-order valence-electron chi connectivity index (χ4n) is 2.73. The second-order valence-electron chi connectivity index (χ2n) is 6.66. The molecule has 0 radical (unpaired) electrons. The molecule has 0 aliphatic heterocycles. The molecule has 0 saturated heterocycles. The van der Waals surface area contributed by atoms with Gasteiger partial charge in [0.15, 0.2) is 11.5 Å². The first-order valence-electron chi connectivity index (χ1n) is 9.43. The molecule has 2 rings (SSSR count). The van der Waals surface area contributed by atoms with Crippen molar-refractivity contribution in [1.82, 2.24) is 15.0 Å². The van der Waals surface area contributed by atoms with Crippen LogP contribution in [-0.4, -0.2) is 35.2 Å². The van der Waals surface area contributed by atoms with Crippen molar-refractivity contribution in [2.45, 2.75) is 53.4 Å².